The molecule has 0 amide bonds. The maximum absolute atomic E-state index is 5.62. The molecule has 0 radical (unpaired) electrons. The first kappa shape index (κ1) is 17.1. The Morgan fingerprint density at radius 3 is 2.88 bits per heavy atom. The Morgan fingerprint density at radius 2 is 2.08 bits per heavy atom. The molecule has 0 N–H and O–H groups in total. The minimum Gasteiger partial charge on any atom is -0.494 e. The number of pyridine rings is 1. The van der Waals surface area contributed by atoms with Gasteiger partial charge in [-0.3, -0.25) is 0 Å². The zero-order valence-corrected chi connectivity index (χ0v) is 15.7. The summed E-state index contributed by atoms with van der Waals surface area (Å²) in [6.07, 6.45) is 7.94. The topological polar surface area (TPSA) is 29.8 Å². The van der Waals surface area contributed by atoms with Crippen LogP contribution < -0.4 is 4.74 Å². The first-order valence-corrected chi connectivity index (χ1v) is 9.68. The van der Waals surface area contributed by atoms with E-state index in [0.29, 0.717) is 6.61 Å². The van der Waals surface area contributed by atoms with Gasteiger partial charge < -0.3 is 14.0 Å². The maximum Gasteiger partial charge on any atom is 0.137 e. The van der Waals surface area contributed by atoms with E-state index >= 15 is 0 Å². The Morgan fingerprint density at radius 1 is 1.19 bits per heavy atom. The van der Waals surface area contributed by atoms with Gasteiger partial charge in [0, 0.05) is 31.4 Å². The van der Waals surface area contributed by atoms with Crippen LogP contribution in [0.4, 0.5) is 0 Å². The van der Waals surface area contributed by atoms with Crippen LogP contribution in [0.1, 0.15) is 32.4 Å². The molecule has 1 atom stereocenters. The average molecular weight is 349 g/mol. The van der Waals surface area contributed by atoms with Crippen LogP contribution in [0.5, 0.6) is 5.75 Å². The number of benzene rings is 1. The highest BCUT2D eigenvalue weighted by molar-refractivity contribution is 5.68. The normalized spacial score (nSPS) is 17.8. The predicted octanol–water partition coefficient (Wildman–Crippen LogP) is 4.43. The summed E-state index contributed by atoms with van der Waals surface area (Å²) in [7, 11) is 0. The highest BCUT2D eigenvalue weighted by Crippen LogP contribution is 2.25. The van der Waals surface area contributed by atoms with Crippen molar-refractivity contribution in [3.05, 3.63) is 54.5 Å². The van der Waals surface area contributed by atoms with Gasteiger partial charge in [0.15, 0.2) is 0 Å². The summed E-state index contributed by atoms with van der Waals surface area (Å²) >= 11 is 0. The second-order valence-corrected chi connectivity index (χ2v) is 7.15. The van der Waals surface area contributed by atoms with Gasteiger partial charge in [-0.05, 0) is 68.6 Å². The number of hydrogen-bond acceptors (Lipinski definition) is 3. The van der Waals surface area contributed by atoms with Crippen LogP contribution in [-0.4, -0.2) is 40.0 Å². The highest BCUT2D eigenvalue weighted by atomic mass is 16.5. The third-order valence-electron chi connectivity index (χ3n) is 5.33. The first-order valence-electron chi connectivity index (χ1n) is 9.68. The van der Waals surface area contributed by atoms with Gasteiger partial charge in [0.1, 0.15) is 11.4 Å². The molecule has 1 aromatic carbocycles. The Balaban J connectivity index is 1.53. The van der Waals surface area contributed by atoms with Crippen molar-refractivity contribution in [2.45, 2.75) is 39.2 Å². The number of likely N-dealkylation sites (tertiary alicyclic amines) is 1. The summed E-state index contributed by atoms with van der Waals surface area (Å²) in [6, 6.07) is 13.3. The van der Waals surface area contributed by atoms with E-state index in [1.807, 2.05) is 19.1 Å². The summed E-state index contributed by atoms with van der Waals surface area (Å²) in [4.78, 5) is 7.43. The van der Waals surface area contributed by atoms with E-state index < -0.39 is 0 Å². The van der Waals surface area contributed by atoms with Crippen molar-refractivity contribution < 1.29 is 4.74 Å². The summed E-state index contributed by atoms with van der Waals surface area (Å²) in [6.45, 7) is 7.36. The molecule has 1 fully saturated rings. The van der Waals surface area contributed by atoms with E-state index in [9.17, 15) is 0 Å². The molecular formula is C22H27N3O. The fourth-order valence-electron chi connectivity index (χ4n) is 3.85. The van der Waals surface area contributed by atoms with Crippen LogP contribution in [0, 0.1) is 0 Å². The highest BCUT2D eigenvalue weighted by Gasteiger charge is 2.19. The monoisotopic (exact) mass is 349 g/mol. The smallest absolute Gasteiger partial charge is 0.137 e. The van der Waals surface area contributed by atoms with Crippen molar-refractivity contribution in [3.63, 3.8) is 0 Å². The number of ether oxygens (including phenoxy) is 1. The second-order valence-electron chi connectivity index (χ2n) is 7.15. The first-order chi connectivity index (χ1) is 12.7. The quantitative estimate of drug-likeness (QED) is 0.659. The summed E-state index contributed by atoms with van der Waals surface area (Å²) in [5.41, 5.74) is 4.51. The van der Waals surface area contributed by atoms with Crippen molar-refractivity contribution in [2.75, 3.05) is 19.7 Å². The van der Waals surface area contributed by atoms with E-state index in [0.717, 1.165) is 36.0 Å². The molecule has 1 aliphatic rings. The standard InChI is InChI=1S/C22H27N3O/c1-3-26-21-8-4-7-18(14-21)19-9-12-25-16-20(23-22(25)15-19)10-13-24-11-5-6-17(24)2/h4,7-9,12,14-17H,3,5-6,10-11,13H2,1-2H3. The average Bonchev–Trinajstić information content (AvgIpc) is 3.25. The Bertz CT molecular complexity index is 886. The summed E-state index contributed by atoms with van der Waals surface area (Å²) in [5, 5.41) is 0. The zero-order valence-electron chi connectivity index (χ0n) is 15.7. The van der Waals surface area contributed by atoms with E-state index in [2.05, 4.69) is 52.9 Å². The molecule has 3 heterocycles. The van der Waals surface area contributed by atoms with Gasteiger partial charge in [0.25, 0.3) is 0 Å². The third-order valence-corrected chi connectivity index (χ3v) is 5.33. The molecular weight excluding hydrogens is 322 g/mol. The van der Waals surface area contributed by atoms with Gasteiger partial charge >= 0.3 is 0 Å². The maximum atomic E-state index is 5.62. The van der Waals surface area contributed by atoms with Crippen LogP contribution in [0.3, 0.4) is 0 Å². The molecule has 136 valence electrons. The molecule has 1 unspecified atom stereocenters. The lowest BCUT2D eigenvalue weighted by Crippen LogP contribution is -2.29. The molecule has 2 aromatic heterocycles. The van der Waals surface area contributed by atoms with Gasteiger partial charge in [-0.15, -0.1) is 0 Å². The molecule has 0 saturated carbocycles. The van der Waals surface area contributed by atoms with Crippen molar-refractivity contribution in [2.24, 2.45) is 0 Å². The Labute approximate surface area is 155 Å². The van der Waals surface area contributed by atoms with Gasteiger partial charge in [-0.1, -0.05) is 12.1 Å². The lowest BCUT2D eigenvalue weighted by molar-refractivity contribution is 0.271. The zero-order chi connectivity index (χ0) is 17.9. The molecule has 4 nitrogen and oxygen atoms in total. The molecule has 0 aliphatic carbocycles. The van der Waals surface area contributed by atoms with E-state index in [-0.39, 0.29) is 0 Å². The van der Waals surface area contributed by atoms with E-state index in [4.69, 9.17) is 9.72 Å². The van der Waals surface area contributed by atoms with Crippen LogP contribution in [0.2, 0.25) is 0 Å². The van der Waals surface area contributed by atoms with Gasteiger partial charge in [-0.2, -0.15) is 0 Å². The van der Waals surface area contributed by atoms with Crippen LogP contribution in [-0.2, 0) is 6.42 Å². The van der Waals surface area contributed by atoms with E-state index in [1.165, 1.54) is 30.6 Å². The van der Waals surface area contributed by atoms with Crippen LogP contribution in [0.25, 0.3) is 16.8 Å². The number of imidazole rings is 1. The molecule has 1 saturated heterocycles. The van der Waals surface area contributed by atoms with Gasteiger partial charge in [0.05, 0.1) is 12.3 Å². The molecule has 26 heavy (non-hydrogen) atoms. The number of fused-ring (bicyclic) bond motifs is 1. The predicted molar refractivity (Wildman–Crippen MR) is 106 cm³/mol. The number of aromatic nitrogens is 2. The van der Waals surface area contributed by atoms with Crippen molar-refractivity contribution >= 4 is 5.65 Å². The molecule has 0 bridgehead atoms. The number of hydrogen-bond donors (Lipinski definition) is 0. The van der Waals surface area contributed by atoms with Crippen LogP contribution in [0.15, 0.2) is 48.8 Å². The lowest BCUT2D eigenvalue weighted by Gasteiger charge is -2.19. The fraction of sp³-hybridized carbons (Fsp3) is 0.409. The molecule has 4 rings (SSSR count). The fourth-order valence-corrected chi connectivity index (χ4v) is 3.85. The van der Waals surface area contributed by atoms with Gasteiger partial charge in [-0.25, -0.2) is 4.98 Å². The number of nitrogens with zero attached hydrogens (tertiary/aromatic N) is 3. The molecule has 0 spiro atoms. The Hall–Kier alpha value is -2.33. The summed E-state index contributed by atoms with van der Waals surface area (Å²) < 4.78 is 7.75. The van der Waals surface area contributed by atoms with Crippen molar-refractivity contribution in [1.82, 2.24) is 14.3 Å². The second kappa shape index (κ2) is 7.50. The van der Waals surface area contributed by atoms with Crippen LogP contribution >= 0.6 is 0 Å². The van der Waals surface area contributed by atoms with Crippen molar-refractivity contribution in [1.29, 1.82) is 0 Å². The molecule has 3 aromatic rings. The Kier molecular flexibility index (Phi) is 4.93. The van der Waals surface area contributed by atoms with Crippen molar-refractivity contribution in [3.8, 4) is 16.9 Å². The van der Waals surface area contributed by atoms with Gasteiger partial charge in [0.2, 0.25) is 0 Å². The molecule has 1 aliphatic heterocycles. The number of rotatable bonds is 6. The minimum atomic E-state index is 0.682. The largest absolute Gasteiger partial charge is 0.494 e. The lowest BCUT2D eigenvalue weighted by atomic mass is 10.1. The summed E-state index contributed by atoms with van der Waals surface area (Å²) in [5.74, 6) is 0.911. The minimum absolute atomic E-state index is 0.682. The van der Waals surface area contributed by atoms with E-state index in [1.54, 1.807) is 0 Å². The molecule has 4 heteroatoms. The SMILES string of the molecule is CCOc1cccc(-c2ccn3cc(CCN4CCCC4C)nc3c2)c1. The third kappa shape index (κ3) is 3.61.